The second-order valence-electron chi connectivity index (χ2n) is 7.06. The molecule has 0 atom stereocenters. The maximum atomic E-state index is 12.7. The molecule has 180 valence electrons. The lowest BCUT2D eigenvalue weighted by Crippen LogP contribution is -2.23. The van der Waals surface area contributed by atoms with Crippen molar-refractivity contribution >= 4 is 39.0 Å². The monoisotopic (exact) mass is 512 g/mol. The largest absolute Gasteiger partial charge is 0.497 e. The molecule has 0 saturated heterocycles. The highest BCUT2D eigenvalue weighted by Crippen LogP contribution is 2.29. The first kappa shape index (κ1) is 24.2. The number of methoxy groups -OCH3 is 1. The molecule has 3 N–H and O–H groups in total. The number of benzene rings is 1. The Morgan fingerprint density at radius 3 is 2.66 bits per heavy atom. The topological polar surface area (TPSA) is 148 Å². The van der Waals surface area contributed by atoms with E-state index in [0.29, 0.717) is 17.0 Å². The number of hydrogen-bond donors (Lipinski definition) is 3. The first-order chi connectivity index (χ1) is 16.9. The summed E-state index contributed by atoms with van der Waals surface area (Å²) in [5, 5.41) is 17.0. The third-order valence-corrected chi connectivity index (χ3v) is 7.75. The molecule has 11 nitrogen and oxygen atoms in total. The SMILES string of the molecule is COc1ccc(C=C(C(=O)NO)n2cc(CNS(=O)(=O)c3ccc(-c4ccccn4)s3)nn2)cc1. The van der Waals surface area contributed by atoms with Crippen LogP contribution in [0.4, 0.5) is 0 Å². The van der Waals surface area contributed by atoms with Crippen LogP contribution in [0.3, 0.4) is 0 Å². The van der Waals surface area contributed by atoms with Gasteiger partial charge in [-0.15, -0.1) is 16.4 Å². The molecule has 0 spiro atoms. The first-order valence-electron chi connectivity index (χ1n) is 10.1. The molecule has 0 radical (unpaired) electrons. The molecule has 0 unspecified atom stereocenters. The molecule has 4 aromatic rings. The minimum atomic E-state index is -3.81. The first-order valence-corrected chi connectivity index (χ1v) is 12.4. The number of nitrogens with zero attached hydrogens (tertiary/aromatic N) is 4. The normalized spacial score (nSPS) is 11.9. The van der Waals surface area contributed by atoms with E-state index in [4.69, 9.17) is 9.94 Å². The lowest BCUT2D eigenvalue weighted by Gasteiger charge is -2.06. The summed E-state index contributed by atoms with van der Waals surface area (Å²) in [5.41, 5.74) is 3.13. The zero-order valence-electron chi connectivity index (χ0n) is 18.3. The molecule has 1 amide bonds. The molecule has 0 aliphatic rings. The van der Waals surface area contributed by atoms with Crippen molar-refractivity contribution in [2.45, 2.75) is 10.8 Å². The van der Waals surface area contributed by atoms with Gasteiger partial charge in [0.1, 0.15) is 15.7 Å². The van der Waals surface area contributed by atoms with Gasteiger partial charge in [-0.05, 0) is 48.0 Å². The number of pyridine rings is 1. The molecule has 0 aliphatic heterocycles. The maximum Gasteiger partial charge on any atom is 0.293 e. The van der Waals surface area contributed by atoms with E-state index < -0.39 is 15.9 Å². The highest BCUT2D eigenvalue weighted by atomic mass is 32.2. The fourth-order valence-electron chi connectivity index (χ4n) is 3.00. The van der Waals surface area contributed by atoms with Crippen LogP contribution in [0.1, 0.15) is 11.3 Å². The van der Waals surface area contributed by atoms with Gasteiger partial charge >= 0.3 is 0 Å². The third-order valence-electron chi connectivity index (χ3n) is 4.75. The van der Waals surface area contributed by atoms with Gasteiger partial charge in [0.2, 0.25) is 10.0 Å². The molecule has 35 heavy (non-hydrogen) atoms. The number of hydroxylamine groups is 1. The molecule has 3 heterocycles. The number of carbonyl (C=O) groups is 1. The highest BCUT2D eigenvalue weighted by Gasteiger charge is 2.19. The summed E-state index contributed by atoms with van der Waals surface area (Å²) in [6, 6.07) is 15.5. The minimum Gasteiger partial charge on any atom is -0.497 e. The average Bonchev–Trinajstić information content (AvgIpc) is 3.57. The molecule has 3 aromatic heterocycles. The van der Waals surface area contributed by atoms with Gasteiger partial charge in [-0.2, -0.15) is 0 Å². The quantitative estimate of drug-likeness (QED) is 0.176. The van der Waals surface area contributed by atoms with E-state index in [9.17, 15) is 13.2 Å². The summed E-state index contributed by atoms with van der Waals surface area (Å²) in [4.78, 5) is 17.2. The Bertz CT molecular complexity index is 1450. The number of rotatable bonds is 9. The molecule has 0 fully saturated rings. The fourth-order valence-corrected chi connectivity index (χ4v) is 5.33. The Morgan fingerprint density at radius 1 is 1.17 bits per heavy atom. The van der Waals surface area contributed by atoms with E-state index in [2.05, 4.69) is 20.0 Å². The lowest BCUT2D eigenvalue weighted by molar-refractivity contribution is -0.123. The van der Waals surface area contributed by atoms with Crippen molar-refractivity contribution < 1.29 is 23.2 Å². The van der Waals surface area contributed by atoms with Crippen LogP contribution in [-0.4, -0.2) is 46.6 Å². The molecule has 0 saturated carbocycles. The van der Waals surface area contributed by atoms with Gasteiger partial charge in [0.25, 0.3) is 5.91 Å². The van der Waals surface area contributed by atoms with Crippen molar-refractivity contribution in [2.24, 2.45) is 0 Å². The van der Waals surface area contributed by atoms with E-state index in [0.717, 1.165) is 20.9 Å². The highest BCUT2D eigenvalue weighted by molar-refractivity contribution is 7.91. The molecular formula is C22H20N6O5S2. The Labute approximate surface area is 204 Å². The van der Waals surface area contributed by atoms with Crippen molar-refractivity contribution in [2.75, 3.05) is 7.11 Å². The van der Waals surface area contributed by atoms with Crippen molar-refractivity contribution in [3.05, 3.63) is 78.2 Å². The molecule has 13 heteroatoms. The van der Waals surface area contributed by atoms with Crippen LogP contribution in [0.2, 0.25) is 0 Å². The van der Waals surface area contributed by atoms with Crippen LogP contribution in [0.25, 0.3) is 22.3 Å². The van der Waals surface area contributed by atoms with Crippen molar-refractivity contribution in [3.63, 3.8) is 0 Å². The number of ether oxygens (including phenoxy) is 1. The standard InChI is InChI=1S/C22H20N6O5S2/c1-33-17-7-5-15(6-8-17)12-19(22(29)26-30)28-14-16(25-27-28)13-24-35(31,32)21-10-9-20(34-21)18-4-2-3-11-23-18/h2-12,14,24,30H,13H2,1H3,(H,26,29). The van der Waals surface area contributed by atoms with E-state index in [1.54, 1.807) is 61.3 Å². The Balaban J connectivity index is 1.49. The lowest BCUT2D eigenvalue weighted by atomic mass is 10.2. The number of aromatic nitrogens is 4. The van der Waals surface area contributed by atoms with Crippen LogP contribution in [0.15, 0.2) is 71.2 Å². The van der Waals surface area contributed by atoms with E-state index in [1.165, 1.54) is 18.3 Å². The predicted molar refractivity (Wildman–Crippen MR) is 129 cm³/mol. The van der Waals surface area contributed by atoms with Crippen molar-refractivity contribution in [1.82, 2.24) is 30.2 Å². The average molecular weight is 513 g/mol. The summed E-state index contributed by atoms with van der Waals surface area (Å²) in [7, 11) is -2.27. The number of sulfonamides is 1. The number of hydrogen-bond acceptors (Lipinski definition) is 9. The summed E-state index contributed by atoms with van der Waals surface area (Å²) >= 11 is 1.10. The minimum absolute atomic E-state index is 0.0301. The summed E-state index contributed by atoms with van der Waals surface area (Å²) < 4.78 is 34.4. The van der Waals surface area contributed by atoms with E-state index in [1.807, 2.05) is 6.07 Å². The van der Waals surface area contributed by atoms with E-state index >= 15 is 0 Å². The Hall–Kier alpha value is -3.91. The predicted octanol–water partition coefficient (Wildman–Crippen LogP) is 2.39. The van der Waals surface area contributed by atoms with Crippen molar-refractivity contribution in [1.29, 1.82) is 0 Å². The molecule has 4 rings (SSSR count). The molecule has 0 bridgehead atoms. The van der Waals surface area contributed by atoms with Crippen LogP contribution >= 0.6 is 11.3 Å². The van der Waals surface area contributed by atoms with E-state index in [-0.39, 0.29) is 22.1 Å². The van der Waals surface area contributed by atoms with Crippen LogP contribution in [0.5, 0.6) is 5.75 Å². The smallest absolute Gasteiger partial charge is 0.293 e. The van der Waals surface area contributed by atoms with Crippen LogP contribution < -0.4 is 14.9 Å². The van der Waals surface area contributed by atoms with Gasteiger partial charge in [-0.3, -0.25) is 15.0 Å². The van der Waals surface area contributed by atoms with Crippen LogP contribution in [0, 0.1) is 0 Å². The number of carbonyl (C=O) groups excluding carboxylic acids is 1. The fraction of sp³-hybridized carbons (Fsp3) is 0.0909. The summed E-state index contributed by atoms with van der Waals surface area (Å²) in [6.07, 6.45) is 4.51. The zero-order chi connectivity index (χ0) is 24.8. The summed E-state index contributed by atoms with van der Waals surface area (Å²) in [5.74, 6) is -0.179. The summed E-state index contributed by atoms with van der Waals surface area (Å²) in [6.45, 7) is -0.157. The van der Waals surface area contributed by atoms with Gasteiger partial charge in [-0.25, -0.2) is 23.3 Å². The van der Waals surface area contributed by atoms with Crippen molar-refractivity contribution in [3.8, 4) is 16.3 Å². The maximum absolute atomic E-state index is 12.7. The second kappa shape index (κ2) is 10.6. The zero-order valence-corrected chi connectivity index (χ0v) is 20.0. The number of thiophene rings is 1. The molecule has 1 aromatic carbocycles. The Morgan fingerprint density at radius 2 is 1.97 bits per heavy atom. The number of nitrogens with one attached hydrogen (secondary N) is 2. The van der Waals surface area contributed by atoms with Crippen LogP contribution in [-0.2, 0) is 21.4 Å². The molecule has 0 aliphatic carbocycles. The van der Waals surface area contributed by atoms with Gasteiger partial charge < -0.3 is 4.74 Å². The molecular weight excluding hydrogens is 492 g/mol. The third kappa shape index (κ3) is 5.78. The Kier molecular flexibility index (Phi) is 7.31. The van der Waals surface area contributed by atoms with Gasteiger partial charge in [0, 0.05) is 6.20 Å². The van der Waals surface area contributed by atoms with Gasteiger partial charge in [0.15, 0.2) is 0 Å². The number of amides is 1. The second-order valence-corrected chi connectivity index (χ2v) is 10.1. The van der Waals surface area contributed by atoms with Gasteiger partial charge in [0.05, 0.1) is 36.1 Å². The van der Waals surface area contributed by atoms with Gasteiger partial charge in [-0.1, -0.05) is 23.4 Å².